The Balaban J connectivity index is 1.86. The van der Waals surface area contributed by atoms with Gasteiger partial charge in [0.1, 0.15) is 11.6 Å². The summed E-state index contributed by atoms with van der Waals surface area (Å²) in [5.41, 5.74) is 3.03. The Morgan fingerprint density at radius 3 is 2.56 bits per heavy atom. The monoisotopic (exact) mass is 437 g/mol. The zero-order valence-corrected chi connectivity index (χ0v) is 19.6. The first kappa shape index (κ1) is 23.4. The van der Waals surface area contributed by atoms with Crippen LogP contribution in [0.2, 0.25) is 0 Å². The lowest BCUT2D eigenvalue weighted by atomic mass is 9.93. The molecule has 0 spiro atoms. The summed E-state index contributed by atoms with van der Waals surface area (Å²) in [6.45, 7) is 8.58. The molecule has 2 atom stereocenters. The van der Waals surface area contributed by atoms with Gasteiger partial charge >= 0.3 is 0 Å². The zero-order valence-electron chi connectivity index (χ0n) is 19.6. The molecule has 8 heteroatoms. The van der Waals surface area contributed by atoms with Crippen LogP contribution in [0.15, 0.2) is 35.4 Å². The van der Waals surface area contributed by atoms with Crippen molar-refractivity contribution in [1.82, 2.24) is 24.7 Å². The van der Waals surface area contributed by atoms with Crippen LogP contribution in [-0.2, 0) is 13.5 Å². The fourth-order valence-electron chi connectivity index (χ4n) is 3.41. The second-order valence-corrected chi connectivity index (χ2v) is 8.05. The first-order valence-corrected chi connectivity index (χ1v) is 10.9. The SMILES string of the molecule is CCCc1nn(C)c(=O)cc1-c1cnc(C)nc1OCC(C)[C@H](C)c1ccc(OC)cn1. The van der Waals surface area contributed by atoms with Crippen molar-refractivity contribution in [2.45, 2.75) is 46.5 Å². The molecule has 3 rings (SSSR count). The summed E-state index contributed by atoms with van der Waals surface area (Å²) in [6.07, 6.45) is 5.09. The average Bonchev–Trinajstić information content (AvgIpc) is 2.79. The van der Waals surface area contributed by atoms with Gasteiger partial charge in [0.2, 0.25) is 5.88 Å². The van der Waals surface area contributed by atoms with Crippen LogP contribution in [-0.4, -0.2) is 38.4 Å². The normalized spacial score (nSPS) is 12.9. The number of rotatable bonds is 9. The molecule has 3 heterocycles. The standard InChI is InChI=1S/C24H31N5O3/c1-7-8-22-19(11-23(30)29(5)28-22)20-13-25-17(4)27-24(20)32-14-15(2)16(3)21-10-9-18(31-6)12-26-21/h9-13,15-16H,7-8,14H2,1-6H3/t15?,16-/m0/s1. The van der Waals surface area contributed by atoms with Crippen molar-refractivity contribution in [2.75, 3.05) is 13.7 Å². The Morgan fingerprint density at radius 1 is 1.12 bits per heavy atom. The van der Waals surface area contributed by atoms with Gasteiger partial charge < -0.3 is 9.47 Å². The molecule has 0 aliphatic carbocycles. The van der Waals surface area contributed by atoms with E-state index in [1.54, 1.807) is 32.6 Å². The molecule has 0 aliphatic heterocycles. The van der Waals surface area contributed by atoms with Crippen LogP contribution >= 0.6 is 0 Å². The molecule has 0 amide bonds. The molecule has 170 valence electrons. The summed E-state index contributed by atoms with van der Waals surface area (Å²) >= 11 is 0. The van der Waals surface area contributed by atoms with Crippen molar-refractivity contribution in [1.29, 1.82) is 0 Å². The van der Waals surface area contributed by atoms with Crippen LogP contribution < -0.4 is 15.0 Å². The molecule has 0 N–H and O–H groups in total. The highest BCUT2D eigenvalue weighted by Crippen LogP contribution is 2.31. The summed E-state index contributed by atoms with van der Waals surface area (Å²) in [7, 11) is 3.28. The summed E-state index contributed by atoms with van der Waals surface area (Å²) in [6, 6.07) is 5.48. The number of aromatic nitrogens is 5. The first-order chi connectivity index (χ1) is 15.3. The molecule has 0 bridgehead atoms. The van der Waals surface area contributed by atoms with Gasteiger partial charge in [0.05, 0.1) is 31.2 Å². The molecule has 0 aliphatic rings. The average molecular weight is 438 g/mol. The van der Waals surface area contributed by atoms with E-state index in [9.17, 15) is 4.79 Å². The molecule has 3 aromatic rings. The van der Waals surface area contributed by atoms with Gasteiger partial charge in [0, 0.05) is 36.5 Å². The number of hydrogen-bond acceptors (Lipinski definition) is 7. The Hall–Kier alpha value is -3.29. The van der Waals surface area contributed by atoms with E-state index in [0.717, 1.165) is 35.5 Å². The number of nitrogens with zero attached hydrogens (tertiary/aromatic N) is 5. The van der Waals surface area contributed by atoms with Crippen LogP contribution in [0.5, 0.6) is 11.6 Å². The van der Waals surface area contributed by atoms with Crippen molar-refractivity contribution in [2.24, 2.45) is 13.0 Å². The van der Waals surface area contributed by atoms with Crippen molar-refractivity contribution in [3.63, 3.8) is 0 Å². The van der Waals surface area contributed by atoms with E-state index < -0.39 is 0 Å². The predicted octanol–water partition coefficient (Wildman–Crippen LogP) is 3.72. The lowest BCUT2D eigenvalue weighted by molar-refractivity contribution is 0.233. The van der Waals surface area contributed by atoms with Gasteiger partial charge in [0.25, 0.3) is 5.56 Å². The van der Waals surface area contributed by atoms with E-state index >= 15 is 0 Å². The lowest BCUT2D eigenvalue weighted by Crippen LogP contribution is -2.21. The van der Waals surface area contributed by atoms with Crippen LogP contribution in [0, 0.1) is 12.8 Å². The Kier molecular flexibility index (Phi) is 7.56. The van der Waals surface area contributed by atoms with E-state index in [-0.39, 0.29) is 17.4 Å². The van der Waals surface area contributed by atoms with E-state index in [4.69, 9.17) is 9.47 Å². The topological polar surface area (TPSA) is 92.0 Å². The Bertz CT molecular complexity index is 1110. The molecule has 0 radical (unpaired) electrons. The maximum Gasteiger partial charge on any atom is 0.267 e. The molecular formula is C24H31N5O3. The third kappa shape index (κ3) is 5.30. The molecular weight excluding hydrogens is 406 g/mol. The second-order valence-electron chi connectivity index (χ2n) is 8.05. The van der Waals surface area contributed by atoms with E-state index in [2.05, 4.69) is 40.8 Å². The van der Waals surface area contributed by atoms with Crippen LogP contribution in [0.4, 0.5) is 0 Å². The minimum absolute atomic E-state index is 0.175. The van der Waals surface area contributed by atoms with Gasteiger partial charge in [-0.15, -0.1) is 0 Å². The van der Waals surface area contributed by atoms with Crippen molar-refractivity contribution in [3.8, 4) is 22.8 Å². The fourth-order valence-corrected chi connectivity index (χ4v) is 3.41. The Morgan fingerprint density at radius 2 is 1.91 bits per heavy atom. The Labute approximate surface area is 188 Å². The van der Waals surface area contributed by atoms with Gasteiger partial charge in [-0.1, -0.05) is 27.2 Å². The highest BCUT2D eigenvalue weighted by molar-refractivity contribution is 5.69. The fraction of sp³-hybridized carbons (Fsp3) is 0.458. The van der Waals surface area contributed by atoms with Gasteiger partial charge in [-0.25, -0.2) is 9.67 Å². The largest absolute Gasteiger partial charge is 0.495 e. The third-order valence-electron chi connectivity index (χ3n) is 5.62. The van der Waals surface area contributed by atoms with Gasteiger partial charge in [-0.05, 0) is 31.4 Å². The van der Waals surface area contributed by atoms with Gasteiger partial charge in [-0.2, -0.15) is 10.1 Å². The number of hydrogen-bond donors (Lipinski definition) is 0. The highest BCUT2D eigenvalue weighted by Gasteiger charge is 2.20. The predicted molar refractivity (Wildman–Crippen MR) is 123 cm³/mol. The molecule has 0 aromatic carbocycles. The summed E-state index contributed by atoms with van der Waals surface area (Å²) in [5, 5.41) is 4.45. The molecule has 0 saturated carbocycles. The lowest BCUT2D eigenvalue weighted by Gasteiger charge is -2.21. The maximum atomic E-state index is 12.3. The smallest absolute Gasteiger partial charge is 0.267 e. The first-order valence-electron chi connectivity index (χ1n) is 10.9. The third-order valence-corrected chi connectivity index (χ3v) is 5.62. The number of ether oxygens (including phenoxy) is 2. The summed E-state index contributed by atoms with van der Waals surface area (Å²) < 4.78 is 12.7. The molecule has 8 nitrogen and oxygen atoms in total. The van der Waals surface area contributed by atoms with Gasteiger partial charge in [-0.3, -0.25) is 9.78 Å². The second kappa shape index (κ2) is 10.3. The van der Waals surface area contributed by atoms with Gasteiger partial charge in [0.15, 0.2) is 0 Å². The summed E-state index contributed by atoms with van der Waals surface area (Å²) in [5.74, 6) is 2.16. The minimum atomic E-state index is -0.182. The number of aryl methyl sites for hydroxylation is 3. The molecule has 32 heavy (non-hydrogen) atoms. The molecule has 0 saturated heterocycles. The molecule has 0 fully saturated rings. The zero-order chi connectivity index (χ0) is 23.3. The molecule has 1 unspecified atom stereocenters. The number of pyridine rings is 1. The van der Waals surface area contributed by atoms with E-state index in [0.29, 0.717) is 23.9 Å². The van der Waals surface area contributed by atoms with Crippen LogP contribution in [0.1, 0.15) is 50.3 Å². The maximum absolute atomic E-state index is 12.3. The molecule has 3 aromatic heterocycles. The number of methoxy groups -OCH3 is 1. The van der Waals surface area contributed by atoms with Crippen molar-refractivity contribution in [3.05, 3.63) is 58.2 Å². The quantitative estimate of drug-likeness (QED) is 0.504. The van der Waals surface area contributed by atoms with Crippen molar-refractivity contribution >= 4 is 0 Å². The van der Waals surface area contributed by atoms with Crippen LogP contribution in [0.25, 0.3) is 11.1 Å². The summed E-state index contributed by atoms with van der Waals surface area (Å²) in [4.78, 5) is 25.7. The van der Waals surface area contributed by atoms with Crippen molar-refractivity contribution < 1.29 is 9.47 Å². The van der Waals surface area contributed by atoms with E-state index in [1.807, 2.05) is 19.1 Å². The minimum Gasteiger partial charge on any atom is -0.495 e. The van der Waals surface area contributed by atoms with Crippen LogP contribution in [0.3, 0.4) is 0 Å². The highest BCUT2D eigenvalue weighted by atomic mass is 16.5. The van der Waals surface area contributed by atoms with E-state index in [1.165, 1.54) is 4.68 Å².